The molecule has 1 aliphatic heterocycles. The molecule has 0 spiro atoms. The molecule has 0 saturated carbocycles. The van der Waals surface area contributed by atoms with Crippen LogP contribution < -0.4 is 15.0 Å². The molecule has 2 aliphatic rings. The van der Waals surface area contributed by atoms with Crippen molar-refractivity contribution in [3.63, 3.8) is 0 Å². The van der Waals surface area contributed by atoms with E-state index in [2.05, 4.69) is 15.3 Å². The molecule has 1 aromatic carbocycles. The molecule has 0 atom stereocenters. The van der Waals surface area contributed by atoms with Crippen LogP contribution in [0.5, 0.6) is 5.75 Å². The third kappa shape index (κ3) is 2.56. The zero-order chi connectivity index (χ0) is 16.5. The smallest absolute Gasteiger partial charge is 0.253 e. The first kappa shape index (κ1) is 14.6. The highest BCUT2D eigenvalue weighted by atomic mass is 16.5. The zero-order valence-electron chi connectivity index (χ0n) is 13.4. The fourth-order valence-corrected chi connectivity index (χ4v) is 3.01. The Morgan fingerprint density at radius 3 is 3.00 bits per heavy atom. The number of ether oxygens (including phenoxy) is 1. The van der Waals surface area contributed by atoms with Gasteiger partial charge in [0.25, 0.3) is 5.91 Å². The van der Waals surface area contributed by atoms with Gasteiger partial charge in [0, 0.05) is 29.9 Å². The second-order valence-electron chi connectivity index (χ2n) is 5.74. The summed E-state index contributed by atoms with van der Waals surface area (Å²) in [6.45, 7) is 1.63. The summed E-state index contributed by atoms with van der Waals surface area (Å²) in [6.07, 6.45) is 6.37. The van der Waals surface area contributed by atoms with Crippen LogP contribution in [0.3, 0.4) is 0 Å². The SMILES string of the molecule is COc1cccc(N2CCn3nc(NC(=O)C4=CC=CC4)cc32)c1. The maximum absolute atomic E-state index is 12.2. The molecular weight excluding hydrogens is 304 g/mol. The number of anilines is 3. The summed E-state index contributed by atoms with van der Waals surface area (Å²) < 4.78 is 7.21. The summed E-state index contributed by atoms with van der Waals surface area (Å²) in [4.78, 5) is 14.3. The van der Waals surface area contributed by atoms with E-state index in [1.807, 2.05) is 53.2 Å². The number of benzene rings is 1. The summed E-state index contributed by atoms with van der Waals surface area (Å²) in [5, 5.41) is 7.36. The van der Waals surface area contributed by atoms with Gasteiger partial charge in [-0.3, -0.25) is 4.79 Å². The molecule has 1 aromatic heterocycles. The Labute approximate surface area is 140 Å². The number of methoxy groups -OCH3 is 1. The fourth-order valence-electron chi connectivity index (χ4n) is 3.01. The molecule has 0 fully saturated rings. The van der Waals surface area contributed by atoms with Crippen LogP contribution in [0, 0.1) is 0 Å². The first-order valence-corrected chi connectivity index (χ1v) is 7.91. The minimum Gasteiger partial charge on any atom is -0.497 e. The van der Waals surface area contributed by atoms with Crippen molar-refractivity contribution in [2.75, 3.05) is 23.9 Å². The quantitative estimate of drug-likeness (QED) is 0.940. The van der Waals surface area contributed by atoms with Gasteiger partial charge < -0.3 is 15.0 Å². The molecule has 2 aromatic rings. The van der Waals surface area contributed by atoms with Crippen LogP contribution in [0.4, 0.5) is 17.3 Å². The van der Waals surface area contributed by atoms with Crippen molar-refractivity contribution in [2.24, 2.45) is 0 Å². The first-order valence-electron chi connectivity index (χ1n) is 7.91. The van der Waals surface area contributed by atoms with Gasteiger partial charge in [-0.15, -0.1) is 0 Å². The van der Waals surface area contributed by atoms with E-state index in [-0.39, 0.29) is 5.91 Å². The van der Waals surface area contributed by atoms with Crippen LogP contribution in [0.1, 0.15) is 6.42 Å². The summed E-state index contributed by atoms with van der Waals surface area (Å²) in [6, 6.07) is 9.84. The molecule has 2 heterocycles. The summed E-state index contributed by atoms with van der Waals surface area (Å²) in [5.41, 5.74) is 1.81. The normalized spacial score (nSPS) is 15.4. The lowest BCUT2D eigenvalue weighted by molar-refractivity contribution is -0.112. The van der Waals surface area contributed by atoms with Gasteiger partial charge in [-0.1, -0.05) is 24.3 Å². The highest BCUT2D eigenvalue weighted by Crippen LogP contribution is 2.33. The number of nitrogens with one attached hydrogen (secondary N) is 1. The number of fused-ring (bicyclic) bond motifs is 1. The molecule has 0 bridgehead atoms. The van der Waals surface area contributed by atoms with E-state index in [4.69, 9.17) is 4.74 Å². The van der Waals surface area contributed by atoms with Crippen molar-refractivity contribution in [2.45, 2.75) is 13.0 Å². The highest BCUT2D eigenvalue weighted by molar-refractivity contribution is 6.04. The zero-order valence-corrected chi connectivity index (χ0v) is 13.4. The van der Waals surface area contributed by atoms with Gasteiger partial charge in [0.05, 0.1) is 13.7 Å². The standard InChI is InChI=1S/C18H18N4O2/c1-24-15-8-4-7-14(11-15)21-9-10-22-17(21)12-16(20-22)19-18(23)13-5-2-3-6-13/h2-5,7-8,11-12H,6,9-10H2,1H3,(H,19,20,23). The molecule has 0 saturated heterocycles. The van der Waals surface area contributed by atoms with Gasteiger partial charge in [0.15, 0.2) is 5.82 Å². The second-order valence-corrected chi connectivity index (χ2v) is 5.74. The Morgan fingerprint density at radius 2 is 2.21 bits per heavy atom. The minimum absolute atomic E-state index is 0.0929. The Morgan fingerprint density at radius 1 is 1.29 bits per heavy atom. The van der Waals surface area contributed by atoms with Crippen LogP contribution in [0.25, 0.3) is 0 Å². The van der Waals surface area contributed by atoms with Gasteiger partial charge in [-0.25, -0.2) is 4.68 Å². The average molecular weight is 322 g/mol. The molecule has 1 aliphatic carbocycles. The molecule has 6 heteroatoms. The predicted octanol–water partition coefficient (Wildman–Crippen LogP) is 2.87. The van der Waals surface area contributed by atoms with Gasteiger partial charge in [0.1, 0.15) is 11.6 Å². The Bertz CT molecular complexity index is 850. The van der Waals surface area contributed by atoms with Crippen LogP contribution in [-0.2, 0) is 11.3 Å². The van der Waals surface area contributed by atoms with Crippen molar-refractivity contribution < 1.29 is 9.53 Å². The molecule has 4 rings (SSSR count). The van der Waals surface area contributed by atoms with Crippen LogP contribution in [0.2, 0.25) is 0 Å². The topological polar surface area (TPSA) is 59.4 Å². The molecule has 0 radical (unpaired) electrons. The maximum atomic E-state index is 12.2. The molecule has 6 nitrogen and oxygen atoms in total. The van der Waals surface area contributed by atoms with Gasteiger partial charge in [0.2, 0.25) is 0 Å². The van der Waals surface area contributed by atoms with E-state index < -0.39 is 0 Å². The lowest BCUT2D eigenvalue weighted by atomic mass is 10.2. The highest BCUT2D eigenvalue weighted by Gasteiger charge is 2.24. The predicted molar refractivity (Wildman–Crippen MR) is 92.7 cm³/mol. The number of hydrogen-bond acceptors (Lipinski definition) is 4. The van der Waals surface area contributed by atoms with Crippen LogP contribution in [0.15, 0.2) is 54.1 Å². The third-order valence-corrected chi connectivity index (χ3v) is 4.24. The third-order valence-electron chi connectivity index (χ3n) is 4.24. The van der Waals surface area contributed by atoms with Crippen LogP contribution >= 0.6 is 0 Å². The van der Waals surface area contributed by atoms with Crippen molar-refractivity contribution >= 4 is 23.2 Å². The van der Waals surface area contributed by atoms with Gasteiger partial charge in [-0.2, -0.15) is 5.10 Å². The van der Waals surface area contributed by atoms with Crippen molar-refractivity contribution in [1.29, 1.82) is 0 Å². The van der Waals surface area contributed by atoms with E-state index in [0.717, 1.165) is 35.9 Å². The molecular formula is C18H18N4O2. The van der Waals surface area contributed by atoms with E-state index in [1.54, 1.807) is 7.11 Å². The Balaban J connectivity index is 1.55. The van der Waals surface area contributed by atoms with Crippen molar-refractivity contribution in [3.05, 3.63) is 54.1 Å². The lowest BCUT2D eigenvalue weighted by Crippen LogP contribution is -2.15. The molecule has 24 heavy (non-hydrogen) atoms. The number of carbonyl (C=O) groups is 1. The average Bonchev–Trinajstić information content (AvgIpc) is 3.31. The molecule has 0 unspecified atom stereocenters. The monoisotopic (exact) mass is 322 g/mol. The lowest BCUT2D eigenvalue weighted by Gasteiger charge is -2.17. The molecule has 1 amide bonds. The number of carbonyl (C=O) groups excluding carboxylic acids is 1. The number of amides is 1. The Hall–Kier alpha value is -3.02. The van der Waals surface area contributed by atoms with Crippen molar-refractivity contribution in [1.82, 2.24) is 9.78 Å². The van der Waals surface area contributed by atoms with E-state index in [0.29, 0.717) is 12.2 Å². The van der Waals surface area contributed by atoms with E-state index >= 15 is 0 Å². The van der Waals surface area contributed by atoms with Crippen molar-refractivity contribution in [3.8, 4) is 5.75 Å². The number of aromatic nitrogens is 2. The number of nitrogens with zero attached hydrogens (tertiary/aromatic N) is 3. The van der Waals surface area contributed by atoms with Gasteiger partial charge >= 0.3 is 0 Å². The maximum Gasteiger partial charge on any atom is 0.253 e. The second kappa shape index (κ2) is 5.88. The number of hydrogen-bond donors (Lipinski definition) is 1. The summed E-state index contributed by atoms with van der Waals surface area (Å²) >= 11 is 0. The van der Waals surface area contributed by atoms with Gasteiger partial charge in [-0.05, 0) is 18.6 Å². The molecule has 1 N–H and O–H groups in total. The van der Waals surface area contributed by atoms with Crippen LogP contribution in [-0.4, -0.2) is 29.3 Å². The first-order chi connectivity index (χ1) is 11.7. The minimum atomic E-state index is -0.0929. The summed E-state index contributed by atoms with van der Waals surface area (Å²) in [7, 11) is 1.66. The largest absolute Gasteiger partial charge is 0.497 e. The summed E-state index contributed by atoms with van der Waals surface area (Å²) in [5.74, 6) is 2.27. The number of rotatable bonds is 4. The fraction of sp³-hybridized carbons (Fsp3) is 0.222. The molecule has 122 valence electrons. The van der Waals surface area contributed by atoms with E-state index in [9.17, 15) is 4.79 Å². The number of allylic oxidation sites excluding steroid dienone is 3. The van der Waals surface area contributed by atoms with E-state index in [1.165, 1.54) is 0 Å². The Kier molecular flexibility index (Phi) is 3.57.